The summed E-state index contributed by atoms with van der Waals surface area (Å²) in [4.78, 5) is 46.0. The highest BCUT2D eigenvalue weighted by Gasteiger charge is 2.71. The number of Topliss-reactive ketones (excluding diaryl/α,β-unsaturated/α-hetero) is 1. The quantitative estimate of drug-likeness (QED) is 0.193. The lowest BCUT2D eigenvalue weighted by Gasteiger charge is -2.72. The number of fused-ring (bicyclic) bond motifs is 7. The van der Waals surface area contributed by atoms with Crippen LogP contribution in [0.15, 0.2) is 60.2 Å². The third-order valence-electron chi connectivity index (χ3n) is 17.4. The van der Waals surface area contributed by atoms with Gasteiger partial charge in [-0.1, -0.05) is 84.4 Å². The monoisotopic (exact) mass is 798 g/mol. The molecule has 5 aliphatic rings. The SMILES string of the molecule is CC(C)C1=C2[C@H]3CC[C@@H]4[C@@]5(C)CC[C@H](OC(=O)CC(C)(C)C(=O)O)C(C)(C)[C@@H]5CC[C@@]4(C)[C@]3(C)CCC2(C(O)CN(CCn2ccnc2)Cc2ccccc2)CC1=O. The minimum Gasteiger partial charge on any atom is -0.481 e. The average molecular weight is 798 g/mol. The number of imidazole rings is 1. The van der Waals surface area contributed by atoms with Crippen molar-refractivity contribution >= 4 is 17.7 Å². The molecule has 0 bridgehead atoms. The van der Waals surface area contributed by atoms with Gasteiger partial charge in [-0.3, -0.25) is 19.3 Å². The van der Waals surface area contributed by atoms with Crippen LogP contribution in [0.1, 0.15) is 132 Å². The Kier molecular flexibility index (Phi) is 11.3. The van der Waals surface area contributed by atoms with Gasteiger partial charge in [-0.05, 0) is 116 Å². The van der Waals surface area contributed by atoms with E-state index in [1.54, 1.807) is 13.8 Å². The van der Waals surface area contributed by atoms with E-state index in [1.165, 1.54) is 11.1 Å². The summed E-state index contributed by atoms with van der Waals surface area (Å²) < 4.78 is 8.29. The molecular formula is C49H71N3O6. The summed E-state index contributed by atoms with van der Waals surface area (Å²) >= 11 is 0. The molecule has 4 saturated carbocycles. The number of ether oxygens (including phenoxy) is 1. The molecule has 2 N–H and O–H groups in total. The highest BCUT2D eigenvalue weighted by molar-refractivity contribution is 6.00. The number of carbonyl (C=O) groups is 3. The third-order valence-corrected chi connectivity index (χ3v) is 17.4. The first-order valence-electron chi connectivity index (χ1n) is 22.3. The van der Waals surface area contributed by atoms with Crippen LogP contribution in [0.25, 0.3) is 0 Å². The zero-order chi connectivity index (χ0) is 42.1. The molecule has 0 spiro atoms. The topological polar surface area (TPSA) is 122 Å². The predicted molar refractivity (Wildman–Crippen MR) is 225 cm³/mol. The fourth-order valence-corrected chi connectivity index (χ4v) is 14.1. The van der Waals surface area contributed by atoms with Crippen molar-refractivity contribution in [3.8, 4) is 0 Å². The second-order valence-corrected chi connectivity index (χ2v) is 21.6. The van der Waals surface area contributed by atoms with Crippen molar-refractivity contribution in [3.63, 3.8) is 0 Å². The van der Waals surface area contributed by atoms with E-state index in [2.05, 4.69) is 87.2 Å². The minimum absolute atomic E-state index is 0.0335. The largest absolute Gasteiger partial charge is 0.481 e. The number of esters is 1. The molecule has 9 nitrogen and oxygen atoms in total. The van der Waals surface area contributed by atoms with Gasteiger partial charge in [0.1, 0.15) is 6.10 Å². The zero-order valence-corrected chi connectivity index (χ0v) is 36.9. The number of carboxylic acid groups (broad SMARTS) is 1. The van der Waals surface area contributed by atoms with Crippen LogP contribution in [-0.4, -0.2) is 67.7 Å². The van der Waals surface area contributed by atoms with E-state index in [4.69, 9.17) is 4.74 Å². The molecule has 2 aromatic rings. The summed E-state index contributed by atoms with van der Waals surface area (Å²) in [7, 11) is 0. The summed E-state index contributed by atoms with van der Waals surface area (Å²) in [5.74, 6) is -0.00283. The Bertz CT molecular complexity index is 1890. The van der Waals surface area contributed by atoms with Gasteiger partial charge in [-0.2, -0.15) is 0 Å². The van der Waals surface area contributed by atoms with E-state index < -0.39 is 28.9 Å². The first-order chi connectivity index (χ1) is 27.2. The van der Waals surface area contributed by atoms with Crippen LogP contribution in [0.5, 0.6) is 0 Å². The standard InChI is InChI=1S/C49H71N3O6/c1-32(2)41-35(53)27-49(38(54)30-52(26-25-51-24-23-50-31-51)29-33-13-11-10-12-14-33)22-21-47(8)34(42(41)49)15-16-37-46(7)19-18-39(58-40(55)28-44(3,4)43(56)57)45(5,6)36(46)17-20-48(37,47)9/h10-14,23-24,31-32,34,36-39,54H,15-22,25-30H2,1-9H3,(H,56,57)/t34-,36+,37-,38?,39+,46+,47-,48-,49?/m1/s1. The summed E-state index contributed by atoms with van der Waals surface area (Å²) in [5, 5.41) is 22.4. The molecule has 9 atom stereocenters. The van der Waals surface area contributed by atoms with Gasteiger partial charge in [0.15, 0.2) is 5.78 Å². The van der Waals surface area contributed by atoms with E-state index >= 15 is 0 Å². The number of carbonyl (C=O) groups excluding carboxylic acids is 2. The summed E-state index contributed by atoms with van der Waals surface area (Å²) in [6.45, 7) is 22.5. The number of aliphatic carboxylic acids is 1. The Balaban J connectivity index is 1.16. The summed E-state index contributed by atoms with van der Waals surface area (Å²) in [6, 6.07) is 10.5. The van der Waals surface area contributed by atoms with E-state index in [0.29, 0.717) is 24.8 Å². The maximum atomic E-state index is 14.4. The van der Waals surface area contributed by atoms with Crippen LogP contribution in [0, 0.1) is 56.2 Å². The molecule has 1 aromatic heterocycles. The lowest BCUT2D eigenvalue weighted by Crippen LogP contribution is -2.66. The normalized spacial score (nSPS) is 34.9. The van der Waals surface area contributed by atoms with Crippen LogP contribution in [-0.2, 0) is 32.2 Å². The van der Waals surface area contributed by atoms with Gasteiger partial charge >= 0.3 is 11.9 Å². The van der Waals surface area contributed by atoms with Gasteiger partial charge in [0.05, 0.1) is 24.3 Å². The van der Waals surface area contributed by atoms with E-state index in [9.17, 15) is 24.6 Å². The Morgan fingerprint density at radius 2 is 1.69 bits per heavy atom. The van der Waals surface area contributed by atoms with Gasteiger partial charge in [-0.25, -0.2) is 4.98 Å². The zero-order valence-electron chi connectivity index (χ0n) is 36.9. The number of aliphatic hydroxyl groups excluding tert-OH is 1. The van der Waals surface area contributed by atoms with Gasteiger partial charge in [0.2, 0.25) is 0 Å². The van der Waals surface area contributed by atoms with Crippen molar-refractivity contribution in [2.75, 3.05) is 13.1 Å². The van der Waals surface area contributed by atoms with Crippen LogP contribution in [0.4, 0.5) is 0 Å². The number of hydrogen-bond donors (Lipinski definition) is 2. The van der Waals surface area contributed by atoms with Crippen molar-refractivity contribution < 1.29 is 29.3 Å². The van der Waals surface area contributed by atoms with Crippen molar-refractivity contribution in [3.05, 3.63) is 65.8 Å². The Morgan fingerprint density at radius 3 is 2.34 bits per heavy atom. The fourth-order valence-electron chi connectivity index (χ4n) is 14.1. The number of hydrogen-bond acceptors (Lipinski definition) is 7. The lowest BCUT2D eigenvalue weighted by atomic mass is 9.33. The molecule has 1 heterocycles. The van der Waals surface area contributed by atoms with Crippen molar-refractivity contribution in [2.24, 2.45) is 56.2 Å². The number of carboxylic acids is 1. The molecule has 0 amide bonds. The van der Waals surface area contributed by atoms with E-state index in [-0.39, 0.29) is 51.8 Å². The van der Waals surface area contributed by atoms with Gasteiger partial charge in [0.25, 0.3) is 0 Å². The second-order valence-electron chi connectivity index (χ2n) is 21.6. The maximum Gasteiger partial charge on any atom is 0.309 e. The number of allylic oxidation sites excluding steroid dienone is 1. The van der Waals surface area contributed by atoms with Crippen molar-refractivity contribution in [2.45, 2.75) is 152 Å². The molecule has 318 valence electrons. The van der Waals surface area contributed by atoms with E-state index in [0.717, 1.165) is 76.6 Å². The first-order valence-corrected chi connectivity index (χ1v) is 22.3. The maximum absolute atomic E-state index is 14.4. The van der Waals surface area contributed by atoms with Gasteiger partial charge in [0, 0.05) is 55.8 Å². The minimum atomic E-state index is -1.17. The third kappa shape index (κ3) is 7.02. The molecular weight excluding hydrogens is 727 g/mol. The Hall–Kier alpha value is -3.30. The predicted octanol–water partition coefficient (Wildman–Crippen LogP) is 9.14. The molecule has 0 aliphatic heterocycles. The van der Waals surface area contributed by atoms with Crippen LogP contribution in [0.2, 0.25) is 0 Å². The van der Waals surface area contributed by atoms with Gasteiger partial charge < -0.3 is 19.5 Å². The van der Waals surface area contributed by atoms with Crippen LogP contribution < -0.4 is 0 Å². The number of ketones is 1. The Labute approximate surface area is 347 Å². The molecule has 2 unspecified atom stereocenters. The smallest absolute Gasteiger partial charge is 0.309 e. The lowest BCUT2D eigenvalue weighted by molar-refractivity contribution is -0.235. The summed E-state index contributed by atoms with van der Waals surface area (Å²) in [6.07, 6.45) is 12.8. The van der Waals surface area contributed by atoms with E-state index in [1.807, 2.05) is 24.8 Å². The average Bonchev–Trinajstić information content (AvgIpc) is 3.78. The molecule has 1 aromatic carbocycles. The first kappa shape index (κ1) is 42.8. The van der Waals surface area contributed by atoms with Crippen LogP contribution >= 0.6 is 0 Å². The molecule has 0 saturated heterocycles. The highest BCUT2D eigenvalue weighted by atomic mass is 16.5. The number of benzene rings is 1. The molecule has 58 heavy (non-hydrogen) atoms. The number of aromatic nitrogens is 2. The fraction of sp³-hybridized carbons (Fsp3) is 0.714. The molecule has 9 heteroatoms. The van der Waals surface area contributed by atoms with Crippen LogP contribution in [0.3, 0.4) is 0 Å². The molecule has 0 radical (unpaired) electrons. The molecule has 5 aliphatic carbocycles. The van der Waals surface area contributed by atoms with Gasteiger partial charge in [-0.15, -0.1) is 0 Å². The number of rotatable bonds is 13. The number of aliphatic hydroxyl groups is 1. The second kappa shape index (κ2) is 15.3. The summed E-state index contributed by atoms with van der Waals surface area (Å²) in [5.41, 5.74) is 1.58. The Morgan fingerprint density at radius 1 is 0.966 bits per heavy atom. The molecule has 4 fully saturated rings. The highest BCUT2D eigenvalue weighted by Crippen LogP contribution is 2.77. The van der Waals surface area contributed by atoms with Crippen molar-refractivity contribution in [1.82, 2.24) is 14.5 Å². The molecule has 7 rings (SSSR count). The van der Waals surface area contributed by atoms with Crippen molar-refractivity contribution in [1.29, 1.82) is 0 Å². The number of nitrogens with zero attached hydrogens (tertiary/aromatic N) is 3.